The Morgan fingerprint density at radius 2 is 1.91 bits per heavy atom. The normalized spacial score (nSPS) is 31.6. The lowest BCUT2D eigenvalue weighted by Crippen LogP contribution is -2.31. The second kappa shape index (κ2) is 2.90. The summed E-state index contributed by atoms with van der Waals surface area (Å²) in [6.07, 6.45) is 1.40. The fourth-order valence-corrected chi connectivity index (χ4v) is 5.95. The average molecular weight is 171 g/mol. The molecule has 66 valence electrons. The Kier molecular flexibility index (Phi) is 2.45. The van der Waals surface area contributed by atoms with Crippen molar-refractivity contribution in [2.75, 3.05) is 13.2 Å². The summed E-state index contributed by atoms with van der Waals surface area (Å²) in [7, 11) is 1.48. The molecular weight excluding hydrogens is 150 g/mol. The maximum absolute atomic E-state index is 2.57. The molecular formula is C9H21NSi. The second-order valence-electron chi connectivity index (χ2n) is 5.09. The molecule has 0 aliphatic carbocycles. The molecule has 2 heteroatoms. The average Bonchev–Trinajstić information content (AvgIpc) is 2.05. The first-order valence-corrected chi connectivity index (χ1v) is 8.04. The summed E-state index contributed by atoms with van der Waals surface area (Å²) >= 11 is 0. The largest absolute Gasteiger partial charge is 0.306 e. The first-order chi connectivity index (χ1) is 4.92. The van der Waals surface area contributed by atoms with E-state index in [2.05, 4.69) is 38.9 Å². The van der Waals surface area contributed by atoms with Crippen LogP contribution in [-0.2, 0) is 0 Å². The third kappa shape index (κ3) is 2.06. The van der Waals surface area contributed by atoms with Gasteiger partial charge in [0.05, 0.1) is 8.07 Å². The first kappa shape index (κ1) is 9.27. The van der Waals surface area contributed by atoms with Crippen molar-refractivity contribution in [1.29, 1.82) is 0 Å². The molecule has 0 radical (unpaired) electrons. The zero-order chi connectivity index (χ0) is 8.65. The number of nitrogens with zero attached hydrogens (tertiary/aromatic N) is 1. The van der Waals surface area contributed by atoms with Gasteiger partial charge in [-0.15, -0.1) is 0 Å². The van der Waals surface area contributed by atoms with E-state index in [0.29, 0.717) is 0 Å². The van der Waals surface area contributed by atoms with Crippen LogP contribution < -0.4 is 0 Å². The molecule has 0 saturated carbocycles. The molecule has 1 saturated heterocycles. The van der Waals surface area contributed by atoms with Crippen LogP contribution >= 0.6 is 0 Å². The molecule has 0 N–H and O–H groups in total. The third-order valence-electron chi connectivity index (χ3n) is 2.77. The molecule has 0 bridgehead atoms. The summed E-state index contributed by atoms with van der Waals surface area (Å²) in [5.74, 6) is 0.842. The van der Waals surface area contributed by atoms with Crippen molar-refractivity contribution in [2.45, 2.75) is 39.0 Å². The molecule has 0 amide bonds. The van der Waals surface area contributed by atoms with Crippen LogP contribution in [0.3, 0.4) is 0 Å². The number of hydrogen-bond donors (Lipinski definition) is 0. The SMILES string of the molecule is CC(C)C1C[Si](C)(C)CN1C. The second-order valence-corrected chi connectivity index (χ2v) is 10.1. The van der Waals surface area contributed by atoms with Crippen molar-refractivity contribution in [3.63, 3.8) is 0 Å². The molecule has 1 heterocycles. The summed E-state index contributed by atoms with van der Waals surface area (Å²) < 4.78 is 0. The van der Waals surface area contributed by atoms with Gasteiger partial charge in [-0.25, -0.2) is 0 Å². The molecule has 1 fully saturated rings. The molecule has 0 aromatic heterocycles. The van der Waals surface area contributed by atoms with Crippen molar-refractivity contribution in [2.24, 2.45) is 5.92 Å². The van der Waals surface area contributed by atoms with Gasteiger partial charge in [0.15, 0.2) is 0 Å². The molecule has 0 spiro atoms. The van der Waals surface area contributed by atoms with E-state index in [1.807, 2.05) is 0 Å². The van der Waals surface area contributed by atoms with Gasteiger partial charge in [0, 0.05) is 6.04 Å². The van der Waals surface area contributed by atoms with E-state index in [0.717, 1.165) is 12.0 Å². The number of rotatable bonds is 1. The Balaban J connectivity index is 2.59. The van der Waals surface area contributed by atoms with Crippen LogP contribution in [0.25, 0.3) is 0 Å². The highest BCUT2D eigenvalue weighted by atomic mass is 28.3. The molecule has 1 unspecified atom stereocenters. The molecule has 0 aromatic carbocycles. The zero-order valence-electron chi connectivity index (χ0n) is 8.52. The van der Waals surface area contributed by atoms with E-state index < -0.39 is 8.07 Å². The van der Waals surface area contributed by atoms with E-state index in [4.69, 9.17) is 0 Å². The van der Waals surface area contributed by atoms with E-state index in [9.17, 15) is 0 Å². The van der Waals surface area contributed by atoms with E-state index in [1.165, 1.54) is 12.2 Å². The van der Waals surface area contributed by atoms with Gasteiger partial charge in [-0.2, -0.15) is 0 Å². The van der Waals surface area contributed by atoms with E-state index in [1.54, 1.807) is 0 Å². The van der Waals surface area contributed by atoms with Crippen molar-refractivity contribution < 1.29 is 0 Å². The topological polar surface area (TPSA) is 3.24 Å². The van der Waals surface area contributed by atoms with E-state index in [-0.39, 0.29) is 0 Å². The smallest absolute Gasteiger partial charge is 0.0645 e. The Morgan fingerprint density at radius 1 is 1.36 bits per heavy atom. The lowest BCUT2D eigenvalue weighted by atomic mass is 10.1. The standard InChI is InChI=1S/C9H21NSi/c1-8(2)9-6-11(4,5)7-10(9)3/h8-9H,6-7H2,1-5H3. The predicted molar refractivity (Wildman–Crippen MR) is 53.5 cm³/mol. The molecule has 1 rings (SSSR count). The summed E-state index contributed by atoms with van der Waals surface area (Å²) in [5.41, 5.74) is 0. The monoisotopic (exact) mass is 171 g/mol. The van der Waals surface area contributed by atoms with Crippen LogP contribution in [0.4, 0.5) is 0 Å². The highest BCUT2D eigenvalue weighted by Gasteiger charge is 2.37. The Hall–Kier alpha value is 0.177. The van der Waals surface area contributed by atoms with Crippen molar-refractivity contribution >= 4 is 8.07 Å². The highest BCUT2D eigenvalue weighted by molar-refractivity contribution is 6.78. The number of hydrogen-bond acceptors (Lipinski definition) is 1. The molecule has 1 aliphatic heterocycles. The van der Waals surface area contributed by atoms with Gasteiger partial charge in [0.2, 0.25) is 0 Å². The van der Waals surface area contributed by atoms with Gasteiger partial charge in [0.25, 0.3) is 0 Å². The van der Waals surface area contributed by atoms with Crippen molar-refractivity contribution in [3.8, 4) is 0 Å². The molecule has 11 heavy (non-hydrogen) atoms. The van der Waals surface area contributed by atoms with Crippen LogP contribution in [0, 0.1) is 5.92 Å². The lowest BCUT2D eigenvalue weighted by molar-refractivity contribution is 0.259. The van der Waals surface area contributed by atoms with Crippen LogP contribution in [0.5, 0.6) is 0 Å². The fourth-order valence-electron chi connectivity index (χ4n) is 2.32. The minimum Gasteiger partial charge on any atom is -0.306 e. The quantitative estimate of drug-likeness (QED) is 0.547. The van der Waals surface area contributed by atoms with E-state index >= 15 is 0 Å². The van der Waals surface area contributed by atoms with Crippen molar-refractivity contribution in [1.82, 2.24) is 4.90 Å². The van der Waals surface area contributed by atoms with Gasteiger partial charge in [-0.1, -0.05) is 26.9 Å². The molecule has 1 atom stereocenters. The van der Waals surface area contributed by atoms with Crippen molar-refractivity contribution in [3.05, 3.63) is 0 Å². The van der Waals surface area contributed by atoms with Gasteiger partial charge in [-0.05, 0) is 25.2 Å². The van der Waals surface area contributed by atoms with Crippen LogP contribution in [0.15, 0.2) is 0 Å². The van der Waals surface area contributed by atoms with Crippen LogP contribution in [0.2, 0.25) is 19.1 Å². The van der Waals surface area contributed by atoms with Gasteiger partial charge in [-0.3, -0.25) is 0 Å². The predicted octanol–water partition coefficient (Wildman–Crippen LogP) is 2.20. The molecule has 1 nitrogen and oxygen atoms in total. The first-order valence-electron chi connectivity index (χ1n) is 4.63. The minimum atomic E-state index is -0.803. The minimum absolute atomic E-state index is 0.803. The van der Waals surface area contributed by atoms with Gasteiger partial charge < -0.3 is 4.90 Å². The fraction of sp³-hybridized carbons (Fsp3) is 1.00. The zero-order valence-corrected chi connectivity index (χ0v) is 9.52. The summed E-state index contributed by atoms with van der Waals surface area (Å²) in [6, 6.07) is 2.37. The third-order valence-corrected chi connectivity index (χ3v) is 5.65. The highest BCUT2D eigenvalue weighted by Crippen LogP contribution is 2.29. The molecule has 1 aliphatic rings. The van der Waals surface area contributed by atoms with Crippen LogP contribution in [-0.4, -0.2) is 32.2 Å². The Morgan fingerprint density at radius 3 is 2.09 bits per heavy atom. The molecule has 0 aromatic rings. The summed E-state index contributed by atoms with van der Waals surface area (Å²) in [5, 5.41) is 0. The maximum Gasteiger partial charge on any atom is 0.0645 e. The van der Waals surface area contributed by atoms with Gasteiger partial charge >= 0.3 is 0 Å². The van der Waals surface area contributed by atoms with Crippen LogP contribution in [0.1, 0.15) is 13.8 Å². The van der Waals surface area contributed by atoms with Gasteiger partial charge in [0.1, 0.15) is 0 Å². The Labute approximate surface area is 71.8 Å². The lowest BCUT2D eigenvalue weighted by Gasteiger charge is -2.22. The Bertz CT molecular complexity index is 142. The maximum atomic E-state index is 2.57. The summed E-state index contributed by atoms with van der Waals surface area (Å²) in [4.78, 5) is 2.57. The summed E-state index contributed by atoms with van der Waals surface area (Å²) in [6.45, 7) is 9.70.